The van der Waals surface area contributed by atoms with E-state index in [0.29, 0.717) is 23.0 Å². The van der Waals surface area contributed by atoms with E-state index < -0.39 is 0 Å². The zero-order valence-electron chi connectivity index (χ0n) is 16.1. The van der Waals surface area contributed by atoms with Gasteiger partial charge in [0.15, 0.2) is 11.0 Å². The maximum absolute atomic E-state index is 12.6. The molecule has 1 saturated carbocycles. The zero-order valence-corrected chi connectivity index (χ0v) is 17.7. The summed E-state index contributed by atoms with van der Waals surface area (Å²) in [7, 11) is 1.73. The van der Waals surface area contributed by atoms with Crippen molar-refractivity contribution >= 4 is 39.8 Å². The van der Waals surface area contributed by atoms with Gasteiger partial charge >= 0.3 is 0 Å². The van der Waals surface area contributed by atoms with Gasteiger partial charge in [-0.05, 0) is 36.4 Å². The highest BCUT2D eigenvalue weighted by molar-refractivity contribution is 7.98. The van der Waals surface area contributed by atoms with Crippen LogP contribution in [0.1, 0.15) is 24.7 Å². The van der Waals surface area contributed by atoms with Crippen LogP contribution in [0, 0.1) is 0 Å². The molecule has 0 saturated heterocycles. The highest BCUT2D eigenvalue weighted by Crippen LogP contribution is 2.42. The summed E-state index contributed by atoms with van der Waals surface area (Å²) in [6.07, 6.45) is 2.31. The molecule has 5 aromatic rings. The Morgan fingerprint density at radius 1 is 1.10 bits per heavy atom. The smallest absolute Gasteiger partial charge is 0.262 e. The summed E-state index contributed by atoms with van der Waals surface area (Å²) in [6, 6.07) is 12.2. The van der Waals surface area contributed by atoms with Crippen LogP contribution in [0.5, 0.6) is 0 Å². The molecule has 30 heavy (non-hydrogen) atoms. The third-order valence-corrected chi connectivity index (χ3v) is 7.15. The van der Waals surface area contributed by atoms with Crippen LogP contribution in [0.25, 0.3) is 27.4 Å². The van der Waals surface area contributed by atoms with Crippen molar-refractivity contribution in [1.82, 2.24) is 33.9 Å². The molecule has 0 bridgehead atoms. The van der Waals surface area contributed by atoms with Crippen molar-refractivity contribution in [3.05, 3.63) is 58.0 Å². The first-order valence-electron chi connectivity index (χ1n) is 9.65. The number of aromatic nitrogens is 7. The average Bonchev–Trinajstić information content (AvgIpc) is 3.17. The van der Waals surface area contributed by atoms with Crippen molar-refractivity contribution in [3.8, 4) is 10.7 Å². The lowest BCUT2D eigenvalue weighted by Gasteiger charge is -2.09. The van der Waals surface area contributed by atoms with Crippen molar-refractivity contribution in [2.45, 2.75) is 29.8 Å². The molecule has 4 heterocycles. The molecule has 1 aliphatic rings. The van der Waals surface area contributed by atoms with Gasteiger partial charge in [0.1, 0.15) is 5.82 Å². The monoisotopic (exact) mass is 435 g/mol. The van der Waals surface area contributed by atoms with Gasteiger partial charge in [-0.3, -0.25) is 18.3 Å². The molecule has 0 spiro atoms. The molecule has 0 atom stereocenters. The maximum atomic E-state index is 12.6. The van der Waals surface area contributed by atoms with E-state index in [0.717, 1.165) is 40.0 Å². The fourth-order valence-corrected chi connectivity index (χ4v) is 5.35. The van der Waals surface area contributed by atoms with Crippen LogP contribution in [0.3, 0.4) is 0 Å². The Balaban J connectivity index is 1.41. The van der Waals surface area contributed by atoms with E-state index >= 15 is 0 Å². The Labute approximate surface area is 179 Å². The van der Waals surface area contributed by atoms with Gasteiger partial charge in [-0.15, -0.1) is 31.7 Å². The number of fused-ring (bicyclic) bond motifs is 3. The van der Waals surface area contributed by atoms with E-state index in [1.165, 1.54) is 0 Å². The van der Waals surface area contributed by atoms with Crippen molar-refractivity contribution in [1.29, 1.82) is 0 Å². The van der Waals surface area contributed by atoms with E-state index in [9.17, 15) is 4.79 Å². The van der Waals surface area contributed by atoms with Gasteiger partial charge in [0.2, 0.25) is 5.78 Å². The first-order chi connectivity index (χ1) is 14.7. The van der Waals surface area contributed by atoms with E-state index in [1.807, 2.05) is 34.7 Å². The topological polar surface area (TPSA) is 82.9 Å². The van der Waals surface area contributed by atoms with E-state index in [4.69, 9.17) is 0 Å². The largest absolute Gasteiger partial charge is 0.298 e. The standard InChI is InChI=1S/C20H17N7OS2/c1-25-18(28)13-5-2-3-6-14(13)27-16(21-23-19(25)27)11-30-20-24-22-17(15-7-4-10-29-15)26(20)12-8-9-12/h2-7,10,12H,8-9,11H2,1H3. The van der Waals surface area contributed by atoms with Crippen LogP contribution in [0.2, 0.25) is 0 Å². The molecule has 0 radical (unpaired) electrons. The summed E-state index contributed by atoms with van der Waals surface area (Å²) in [5, 5.41) is 21.2. The Kier molecular flexibility index (Phi) is 4.03. The van der Waals surface area contributed by atoms with E-state index in [-0.39, 0.29) is 5.56 Å². The summed E-state index contributed by atoms with van der Waals surface area (Å²) in [6.45, 7) is 0. The van der Waals surface area contributed by atoms with Gasteiger partial charge in [0.25, 0.3) is 5.56 Å². The molecule has 4 aromatic heterocycles. The molecule has 10 heteroatoms. The molecule has 0 aliphatic heterocycles. The molecular weight excluding hydrogens is 418 g/mol. The molecule has 150 valence electrons. The van der Waals surface area contributed by atoms with Crippen LogP contribution >= 0.6 is 23.1 Å². The molecule has 0 amide bonds. The Bertz CT molecular complexity index is 1440. The summed E-state index contributed by atoms with van der Waals surface area (Å²) in [4.78, 5) is 13.8. The minimum Gasteiger partial charge on any atom is -0.298 e. The number of rotatable bonds is 5. The van der Waals surface area contributed by atoms with Crippen molar-refractivity contribution in [2.75, 3.05) is 0 Å². The maximum Gasteiger partial charge on any atom is 0.262 e. The number of benzene rings is 1. The fourth-order valence-electron chi connectivity index (χ4n) is 3.73. The summed E-state index contributed by atoms with van der Waals surface area (Å²) in [5.74, 6) is 2.84. The number of hydrogen-bond donors (Lipinski definition) is 0. The van der Waals surface area contributed by atoms with Crippen molar-refractivity contribution in [2.24, 2.45) is 7.05 Å². The van der Waals surface area contributed by atoms with Crippen LogP contribution in [-0.4, -0.2) is 33.9 Å². The molecule has 0 unspecified atom stereocenters. The second kappa shape index (κ2) is 6.78. The number of hydrogen-bond acceptors (Lipinski definition) is 7. The van der Waals surface area contributed by atoms with Crippen LogP contribution < -0.4 is 5.56 Å². The summed E-state index contributed by atoms with van der Waals surface area (Å²) >= 11 is 3.29. The zero-order chi connectivity index (χ0) is 20.2. The quantitative estimate of drug-likeness (QED) is 0.393. The minimum absolute atomic E-state index is 0.0706. The van der Waals surface area contributed by atoms with Gasteiger partial charge in [0.05, 0.1) is 21.5 Å². The van der Waals surface area contributed by atoms with Gasteiger partial charge in [0, 0.05) is 13.1 Å². The van der Waals surface area contributed by atoms with Crippen molar-refractivity contribution in [3.63, 3.8) is 0 Å². The molecule has 0 N–H and O–H groups in total. The SMILES string of the molecule is Cn1c(=O)c2ccccc2n2c(CSc3nnc(-c4cccs4)n3C3CC3)nnc12. The summed E-state index contributed by atoms with van der Waals surface area (Å²) in [5.41, 5.74) is 0.748. The molecular formula is C20H17N7OS2. The molecule has 1 aromatic carbocycles. The Hall–Kier alpha value is -2.98. The Morgan fingerprint density at radius 3 is 2.77 bits per heavy atom. The van der Waals surface area contributed by atoms with Gasteiger partial charge in [-0.2, -0.15) is 0 Å². The first kappa shape index (κ1) is 17.8. The van der Waals surface area contributed by atoms with Crippen molar-refractivity contribution < 1.29 is 0 Å². The van der Waals surface area contributed by atoms with Gasteiger partial charge in [-0.1, -0.05) is 30.0 Å². The van der Waals surface area contributed by atoms with Crippen LogP contribution in [-0.2, 0) is 12.8 Å². The number of aryl methyl sites for hydroxylation is 1. The number of thioether (sulfide) groups is 1. The number of thiophene rings is 1. The molecule has 8 nitrogen and oxygen atoms in total. The van der Waals surface area contributed by atoms with Crippen LogP contribution in [0.15, 0.2) is 51.7 Å². The number of nitrogens with zero attached hydrogens (tertiary/aromatic N) is 7. The lowest BCUT2D eigenvalue weighted by atomic mass is 10.2. The molecule has 1 fully saturated rings. The van der Waals surface area contributed by atoms with Gasteiger partial charge < -0.3 is 0 Å². The molecule has 6 rings (SSSR count). The lowest BCUT2D eigenvalue weighted by molar-refractivity contribution is 0.669. The minimum atomic E-state index is -0.0706. The van der Waals surface area contributed by atoms with Crippen LogP contribution in [0.4, 0.5) is 0 Å². The predicted octanol–water partition coefficient (Wildman–Crippen LogP) is 3.53. The third-order valence-electron chi connectivity index (χ3n) is 5.34. The van der Waals surface area contributed by atoms with E-state index in [1.54, 1.807) is 34.7 Å². The Morgan fingerprint density at radius 2 is 1.97 bits per heavy atom. The second-order valence-electron chi connectivity index (χ2n) is 7.31. The average molecular weight is 436 g/mol. The fraction of sp³-hybridized carbons (Fsp3) is 0.250. The third kappa shape index (κ3) is 2.71. The van der Waals surface area contributed by atoms with E-state index in [2.05, 4.69) is 36.4 Å². The molecule has 1 aliphatic carbocycles. The lowest BCUT2D eigenvalue weighted by Crippen LogP contribution is -2.20. The van der Waals surface area contributed by atoms with Gasteiger partial charge in [-0.25, -0.2) is 0 Å². The number of para-hydroxylation sites is 1. The highest BCUT2D eigenvalue weighted by atomic mass is 32.2. The second-order valence-corrected chi connectivity index (χ2v) is 9.20. The predicted molar refractivity (Wildman–Crippen MR) is 117 cm³/mol. The normalized spacial score (nSPS) is 14.2. The first-order valence-corrected chi connectivity index (χ1v) is 11.5. The summed E-state index contributed by atoms with van der Waals surface area (Å²) < 4.78 is 5.76. The highest BCUT2D eigenvalue weighted by Gasteiger charge is 2.30.